The van der Waals surface area contributed by atoms with Gasteiger partial charge in [0.1, 0.15) is 0 Å². The van der Waals surface area contributed by atoms with Gasteiger partial charge in [0.05, 0.1) is 5.75 Å². The lowest BCUT2D eigenvalue weighted by Gasteiger charge is -2.12. The standard InChI is InChI=1S/C18H21NOS/c1-12-8-9-13(2)16(10-12)21-11-17(20)19-18-14(3)6-5-7-15(18)4/h5-10H,11H2,1-4H3,(H,19,20). The van der Waals surface area contributed by atoms with Crippen molar-refractivity contribution in [3.63, 3.8) is 0 Å². The number of carbonyl (C=O) groups is 1. The molecule has 0 aliphatic carbocycles. The molecule has 2 rings (SSSR count). The summed E-state index contributed by atoms with van der Waals surface area (Å²) in [5.41, 5.74) is 5.56. The van der Waals surface area contributed by atoms with Crippen molar-refractivity contribution in [3.8, 4) is 0 Å². The molecule has 2 nitrogen and oxygen atoms in total. The fraction of sp³-hybridized carbons (Fsp3) is 0.278. The minimum atomic E-state index is 0.0401. The fourth-order valence-electron chi connectivity index (χ4n) is 2.19. The summed E-state index contributed by atoms with van der Waals surface area (Å²) in [6.45, 7) is 8.17. The van der Waals surface area contributed by atoms with Crippen molar-refractivity contribution in [3.05, 3.63) is 58.7 Å². The number of amides is 1. The maximum atomic E-state index is 12.2. The van der Waals surface area contributed by atoms with Gasteiger partial charge in [0.2, 0.25) is 5.91 Å². The lowest BCUT2D eigenvalue weighted by molar-refractivity contribution is -0.113. The van der Waals surface area contributed by atoms with Crippen molar-refractivity contribution in [2.45, 2.75) is 32.6 Å². The van der Waals surface area contributed by atoms with E-state index in [-0.39, 0.29) is 5.91 Å². The van der Waals surface area contributed by atoms with Gasteiger partial charge >= 0.3 is 0 Å². The van der Waals surface area contributed by atoms with Crippen LogP contribution in [0.2, 0.25) is 0 Å². The molecule has 0 radical (unpaired) electrons. The van der Waals surface area contributed by atoms with E-state index in [1.54, 1.807) is 11.8 Å². The van der Waals surface area contributed by atoms with Crippen molar-refractivity contribution in [1.82, 2.24) is 0 Å². The number of thioether (sulfide) groups is 1. The van der Waals surface area contributed by atoms with Crippen LogP contribution in [0.5, 0.6) is 0 Å². The summed E-state index contributed by atoms with van der Waals surface area (Å²) in [4.78, 5) is 13.3. The number of rotatable bonds is 4. The number of benzene rings is 2. The zero-order valence-electron chi connectivity index (χ0n) is 13.0. The lowest BCUT2D eigenvalue weighted by atomic mass is 10.1. The second-order valence-electron chi connectivity index (χ2n) is 5.37. The number of nitrogens with one attached hydrogen (secondary N) is 1. The van der Waals surface area contributed by atoms with E-state index in [4.69, 9.17) is 0 Å². The molecule has 2 aromatic rings. The molecule has 0 heterocycles. The van der Waals surface area contributed by atoms with Gasteiger partial charge < -0.3 is 5.32 Å². The minimum absolute atomic E-state index is 0.0401. The summed E-state index contributed by atoms with van der Waals surface area (Å²) < 4.78 is 0. The number of hydrogen-bond acceptors (Lipinski definition) is 2. The van der Waals surface area contributed by atoms with E-state index in [1.165, 1.54) is 16.0 Å². The van der Waals surface area contributed by atoms with Crippen molar-refractivity contribution in [1.29, 1.82) is 0 Å². The Bertz CT molecular complexity index is 644. The number of anilines is 1. The first kappa shape index (κ1) is 15.6. The molecule has 0 aliphatic heterocycles. The van der Waals surface area contributed by atoms with Crippen LogP contribution in [0.15, 0.2) is 41.3 Å². The third-order valence-electron chi connectivity index (χ3n) is 3.45. The van der Waals surface area contributed by atoms with Gasteiger partial charge in [-0.1, -0.05) is 35.9 Å². The predicted octanol–water partition coefficient (Wildman–Crippen LogP) is 4.65. The largest absolute Gasteiger partial charge is 0.325 e. The van der Waals surface area contributed by atoms with Crippen LogP contribution >= 0.6 is 11.8 Å². The van der Waals surface area contributed by atoms with Crippen LogP contribution in [0.25, 0.3) is 0 Å². The van der Waals surface area contributed by atoms with Crippen LogP contribution in [0.4, 0.5) is 5.69 Å². The highest BCUT2D eigenvalue weighted by Crippen LogP contribution is 2.24. The Hall–Kier alpha value is -1.74. The SMILES string of the molecule is Cc1ccc(C)c(SCC(=O)Nc2c(C)cccc2C)c1. The number of hydrogen-bond donors (Lipinski definition) is 1. The molecular weight excluding hydrogens is 278 g/mol. The van der Waals surface area contributed by atoms with Crippen LogP contribution in [-0.4, -0.2) is 11.7 Å². The fourth-order valence-corrected chi connectivity index (χ4v) is 3.12. The third-order valence-corrected chi connectivity index (χ3v) is 4.61. The molecule has 0 saturated carbocycles. The summed E-state index contributed by atoms with van der Waals surface area (Å²) in [7, 11) is 0. The molecule has 1 N–H and O–H groups in total. The normalized spacial score (nSPS) is 10.5. The summed E-state index contributed by atoms with van der Waals surface area (Å²) in [5.74, 6) is 0.469. The van der Waals surface area contributed by atoms with E-state index in [0.717, 1.165) is 16.8 Å². The Balaban J connectivity index is 2.01. The molecule has 0 saturated heterocycles. The Morgan fingerprint density at radius 1 is 1.00 bits per heavy atom. The third kappa shape index (κ3) is 4.11. The zero-order valence-corrected chi connectivity index (χ0v) is 13.8. The number of carbonyl (C=O) groups excluding carboxylic acids is 1. The molecule has 0 atom stereocenters. The van der Waals surface area contributed by atoms with E-state index >= 15 is 0 Å². The molecule has 0 fully saturated rings. The molecule has 21 heavy (non-hydrogen) atoms. The Kier molecular flexibility index (Phi) is 5.07. The van der Waals surface area contributed by atoms with Gasteiger partial charge in [-0.25, -0.2) is 0 Å². The number of para-hydroxylation sites is 1. The Morgan fingerprint density at radius 2 is 1.67 bits per heavy atom. The average molecular weight is 299 g/mol. The molecule has 0 bridgehead atoms. The van der Waals surface area contributed by atoms with E-state index in [2.05, 4.69) is 37.4 Å². The molecule has 0 aliphatic rings. The smallest absolute Gasteiger partial charge is 0.234 e. The van der Waals surface area contributed by atoms with Gasteiger partial charge in [0.15, 0.2) is 0 Å². The highest BCUT2D eigenvalue weighted by atomic mass is 32.2. The van der Waals surface area contributed by atoms with E-state index < -0.39 is 0 Å². The maximum Gasteiger partial charge on any atom is 0.234 e. The highest BCUT2D eigenvalue weighted by molar-refractivity contribution is 8.00. The van der Waals surface area contributed by atoms with Crippen LogP contribution in [0.1, 0.15) is 22.3 Å². The zero-order chi connectivity index (χ0) is 15.4. The maximum absolute atomic E-state index is 12.2. The Labute approximate surface area is 131 Å². The van der Waals surface area contributed by atoms with Gasteiger partial charge in [-0.2, -0.15) is 0 Å². The molecular formula is C18H21NOS. The first-order valence-electron chi connectivity index (χ1n) is 7.03. The highest BCUT2D eigenvalue weighted by Gasteiger charge is 2.09. The summed E-state index contributed by atoms with van der Waals surface area (Å²) >= 11 is 1.59. The average Bonchev–Trinajstić information content (AvgIpc) is 2.44. The lowest BCUT2D eigenvalue weighted by Crippen LogP contribution is -2.15. The molecule has 110 valence electrons. The van der Waals surface area contributed by atoms with Crippen LogP contribution in [0, 0.1) is 27.7 Å². The molecule has 2 aromatic carbocycles. The molecule has 1 amide bonds. The van der Waals surface area contributed by atoms with Gasteiger partial charge in [0.25, 0.3) is 0 Å². The quantitative estimate of drug-likeness (QED) is 0.833. The first-order valence-corrected chi connectivity index (χ1v) is 8.02. The van der Waals surface area contributed by atoms with E-state index in [0.29, 0.717) is 5.75 Å². The van der Waals surface area contributed by atoms with Crippen molar-refractivity contribution >= 4 is 23.4 Å². The van der Waals surface area contributed by atoms with Gasteiger partial charge in [-0.15, -0.1) is 11.8 Å². The van der Waals surface area contributed by atoms with E-state index in [1.807, 2.05) is 32.0 Å². The topological polar surface area (TPSA) is 29.1 Å². The van der Waals surface area contributed by atoms with Crippen molar-refractivity contribution < 1.29 is 4.79 Å². The van der Waals surface area contributed by atoms with Crippen LogP contribution < -0.4 is 5.32 Å². The summed E-state index contributed by atoms with van der Waals surface area (Å²) in [6, 6.07) is 12.4. The van der Waals surface area contributed by atoms with Crippen LogP contribution in [-0.2, 0) is 4.79 Å². The second kappa shape index (κ2) is 6.81. The minimum Gasteiger partial charge on any atom is -0.325 e. The second-order valence-corrected chi connectivity index (χ2v) is 6.39. The van der Waals surface area contributed by atoms with Gasteiger partial charge in [0, 0.05) is 10.6 Å². The monoisotopic (exact) mass is 299 g/mol. The van der Waals surface area contributed by atoms with Crippen molar-refractivity contribution in [2.75, 3.05) is 11.1 Å². The van der Waals surface area contributed by atoms with E-state index in [9.17, 15) is 4.79 Å². The summed E-state index contributed by atoms with van der Waals surface area (Å²) in [6.07, 6.45) is 0. The molecule has 0 spiro atoms. The van der Waals surface area contributed by atoms with Gasteiger partial charge in [-0.05, 0) is 50.5 Å². The van der Waals surface area contributed by atoms with Gasteiger partial charge in [-0.3, -0.25) is 4.79 Å². The van der Waals surface area contributed by atoms with Crippen LogP contribution in [0.3, 0.4) is 0 Å². The number of aryl methyl sites for hydroxylation is 4. The van der Waals surface area contributed by atoms with Crippen molar-refractivity contribution in [2.24, 2.45) is 0 Å². The molecule has 0 aromatic heterocycles. The predicted molar refractivity (Wildman–Crippen MR) is 91.2 cm³/mol. The Morgan fingerprint density at radius 3 is 2.33 bits per heavy atom. The first-order chi connectivity index (χ1) is 9.97. The molecule has 3 heteroatoms. The summed E-state index contributed by atoms with van der Waals surface area (Å²) in [5, 5.41) is 3.02. The molecule has 0 unspecified atom stereocenters.